The number of ether oxygens (including phenoxy) is 2. The lowest BCUT2D eigenvalue weighted by molar-refractivity contribution is -0.123. The third-order valence-corrected chi connectivity index (χ3v) is 7.70. The monoisotopic (exact) mass is 530 g/mol. The van der Waals surface area contributed by atoms with Gasteiger partial charge < -0.3 is 29.6 Å². The van der Waals surface area contributed by atoms with Gasteiger partial charge in [0.15, 0.2) is 17.3 Å². The SMILES string of the molecule is COc1ccc2c(ccn2CCCN/C(C)=C2\C(=O)C=C3Oc4c(C(C)=O)c(O)c(C)c(O)c4[C@@]3(C)C2=O)c1. The first kappa shape index (κ1) is 26.1. The normalized spacial score (nSPS) is 19.4. The third-order valence-electron chi connectivity index (χ3n) is 7.70. The maximum absolute atomic E-state index is 13.9. The first-order chi connectivity index (χ1) is 18.5. The van der Waals surface area contributed by atoms with E-state index in [0.717, 1.165) is 29.6 Å². The molecule has 0 fully saturated rings. The first-order valence-electron chi connectivity index (χ1n) is 12.7. The first-order valence-corrected chi connectivity index (χ1v) is 12.7. The molecule has 1 aromatic heterocycles. The maximum Gasteiger partial charge on any atom is 0.194 e. The summed E-state index contributed by atoms with van der Waals surface area (Å²) in [5.41, 5.74) is -0.0587. The number of carbonyl (C=O) groups excluding carboxylic acids is 3. The predicted molar refractivity (Wildman–Crippen MR) is 144 cm³/mol. The van der Waals surface area contributed by atoms with Crippen molar-refractivity contribution in [3.05, 3.63) is 70.3 Å². The Labute approximate surface area is 225 Å². The lowest BCUT2D eigenvalue weighted by atomic mass is 9.70. The Hall–Kier alpha value is -4.53. The van der Waals surface area contributed by atoms with Gasteiger partial charge in [-0.2, -0.15) is 0 Å². The number of carbonyl (C=O) groups is 3. The molecule has 2 aromatic carbocycles. The van der Waals surface area contributed by atoms with Crippen molar-refractivity contribution in [2.24, 2.45) is 0 Å². The average Bonchev–Trinajstić information content (AvgIpc) is 3.43. The van der Waals surface area contributed by atoms with Gasteiger partial charge in [0, 0.05) is 47.5 Å². The summed E-state index contributed by atoms with van der Waals surface area (Å²) in [7, 11) is 1.63. The number of ketones is 3. The van der Waals surface area contributed by atoms with Crippen LogP contribution in [-0.2, 0) is 21.5 Å². The van der Waals surface area contributed by atoms with Crippen molar-refractivity contribution < 1.29 is 34.1 Å². The summed E-state index contributed by atoms with van der Waals surface area (Å²) >= 11 is 0. The number of nitrogens with zero attached hydrogens (tertiary/aromatic N) is 1. The highest BCUT2D eigenvalue weighted by atomic mass is 16.5. The molecule has 1 aliphatic heterocycles. The van der Waals surface area contributed by atoms with E-state index in [0.29, 0.717) is 12.2 Å². The largest absolute Gasteiger partial charge is 0.507 e. The number of nitrogens with one attached hydrogen (secondary N) is 1. The van der Waals surface area contributed by atoms with Crippen LogP contribution in [0.25, 0.3) is 10.9 Å². The Balaban J connectivity index is 1.40. The van der Waals surface area contributed by atoms with Gasteiger partial charge in [-0.1, -0.05) is 0 Å². The van der Waals surface area contributed by atoms with Gasteiger partial charge in [-0.15, -0.1) is 0 Å². The number of methoxy groups -OCH3 is 1. The van der Waals surface area contributed by atoms with Crippen molar-refractivity contribution in [1.29, 1.82) is 0 Å². The van der Waals surface area contributed by atoms with Crippen LogP contribution in [0.1, 0.15) is 48.7 Å². The molecule has 0 bridgehead atoms. The molecule has 2 heterocycles. The van der Waals surface area contributed by atoms with Gasteiger partial charge in [-0.25, -0.2) is 0 Å². The number of aromatic hydroxyl groups is 2. The fourth-order valence-electron chi connectivity index (χ4n) is 5.48. The van der Waals surface area contributed by atoms with E-state index < -0.39 is 28.5 Å². The summed E-state index contributed by atoms with van der Waals surface area (Å²) in [4.78, 5) is 39.3. The zero-order valence-electron chi connectivity index (χ0n) is 22.5. The standard InChI is InChI=1S/C30H30N2O7/c1-15-26(35)24(17(3)33)28-25(27(15)36)30(4)22(39-28)14-21(34)23(29(30)37)16(2)31-10-6-11-32-12-9-18-13-19(38-5)7-8-20(18)32/h7-9,12-14,31,35-36H,6,10-11H2,1-5H3/b23-16+/t30-/m0/s1. The maximum atomic E-state index is 13.9. The van der Waals surface area contributed by atoms with Gasteiger partial charge in [0.2, 0.25) is 0 Å². The van der Waals surface area contributed by atoms with Crippen LogP contribution in [-0.4, -0.2) is 45.8 Å². The van der Waals surface area contributed by atoms with Crippen molar-refractivity contribution in [2.45, 2.75) is 46.1 Å². The minimum Gasteiger partial charge on any atom is -0.507 e. The molecule has 9 nitrogen and oxygen atoms in total. The summed E-state index contributed by atoms with van der Waals surface area (Å²) in [6.45, 7) is 7.17. The van der Waals surface area contributed by atoms with E-state index >= 15 is 0 Å². The molecule has 0 amide bonds. The Bertz CT molecular complexity index is 1640. The quantitative estimate of drug-likeness (QED) is 0.179. The summed E-state index contributed by atoms with van der Waals surface area (Å²) in [6, 6.07) is 7.93. The molecular formula is C30H30N2O7. The zero-order valence-corrected chi connectivity index (χ0v) is 22.5. The number of hydrogen-bond donors (Lipinski definition) is 3. The van der Waals surface area contributed by atoms with Crippen LogP contribution in [0, 0.1) is 6.92 Å². The lowest BCUT2D eigenvalue weighted by Gasteiger charge is -2.29. The molecule has 5 rings (SSSR count). The van der Waals surface area contributed by atoms with Crippen molar-refractivity contribution in [2.75, 3.05) is 13.7 Å². The second-order valence-corrected chi connectivity index (χ2v) is 10.1. The van der Waals surface area contributed by atoms with Crippen molar-refractivity contribution in [3.8, 4) is 23.0 Å². The summed E-state index contributed by atoms with van der Waals surface area (Å²) < 4.78 is 13.2. The molecular weight excluding hydrogens is 500 g/mol. The molecule has 0 unspecified atom stereocenters. The van der Waals surface area contributed by atoms with E-state index in [2.05, 4.69) is 9.88 Å². The van der Waals surface area contributed by atoms with E-state index in [1.165, 1.54) is 19.9 Å². The van der Waals surface area contributed by atoms with Crippen LogP contribution in [0.4, 0.5) is 0 Å². The van der Waals surface area contributed by atoms with E-state index in [-0.39, 0.29) is 39.5 Å². The molecule has 202 valence electrons. The van der Waals surface area contributed by atoms with Gasteiger partial charge >= 0.3 is 0 Å². The fourth-order valence-corrected chi connectivity index (χ4v) is 5.48. The van der Waals surface area contributed by atoms with Crippen molar-refractivity contribution in [1.82, 2.24) is 9.88 Å². The molecule has 3 aromatic rings. The number of phenolic OH excluding ortho intramolecular Hbond substituents is 2. The van der Waals surface area contributed by atoms with Crippen molar-refractivity contribution >= 4 is 28.3 Å². The summed E-state index contributed by atoms with van der Waals surface area (Å²) in [6.07, 6.45) is 3.96. The summed E-state index contributed by atoms with van der Waals surface area (Å²) in [5, 5.41) is 25.7. The fraction of sp³-hybridized carbons (Fsp3) is 0.300. The van der Waals surface area contributed by atoms with Crippen LogP contribution in [0.15, 0.2) is 53.6 Å². The van der Waals surface area contributed by atoms with E-state index in [1.807, 2.05) is 30.5 Å². The predicted octanol–water partition coefficient (Wildman–Crippen LogP) is 4.21. The van der Waals surface area contributed by atoms with Crippen LogP contribution in [0.2, 0.25) is 0 Å². The van der Waals surface area contributed by atoms with Crippen molar-refractivity contribution in [3.63, 3.8) is 0 Å². The number of rotatable bonds is 7. The number of fused-ring (bicyclic) bond motifs is 4. The number of aromatic nitrogens is 1. The highest BCUT2D eigenvalue weighted by molar-refractivity contribution is 6.31. The molecule has 3 N–H and O–H groups in total. The minimum absolute atomic E-state index is 0.0166. The van der Waals surface area contributed by atoms with E-state index in [9.17, 15) is 24.6 Å². The third kappa shape index (κ3) is 3.88. The van der Waals surface area contributed by atoms with Crippen LogP contribution >= 0.6 is 0 Å². The second-order valence-electron chi connectivity index (χ2n) is 10.1. The van der Waals surface area contributed by atoms with E-state index in [1.54, 1.807) is 21.0 Å². The van der Waals surface area contributed by atoms with E-state index in [4.69, 9.17) is 9.47 Å². The summed E-state index contributed by atoms with van der Waals surface area (Å²) in [5.74, 6) is -1.60. The molecule has 9 heteroatoms. The second kappa shape index (κ2) is 9.34. The Morgan fingerprint density at radius 1 is 1.15 bits per heavy atom. The van der Waals surface area contributed by atoms with Gasteiger partial charge in [0.1, 0.15) is 39.7 Å². The number of Topliss-reactive ketones (excluding diaryl/α,β-unsaturated/α-hetero) is 2. The number of hydrogen-bond acceptors (Lipinski definition) is 8. The molecule has 1 aliphatic carbocycles. The highest BCUT2D eigenvalue weighted by Crippen LogP contribution is 2.57. The van der Waals surface area contributed by atoms with Gasteiger partial charge in [0.25, 0.3) is 0 Å². The number of aryl methyl sites for hydroxylation is 1. The molecule has 0 spiro atoms. The van der Waals surface area contributed by atoms with Crippen LogP contribution in [0.5, 0.6) is 23.0 Å². The molecule has 39 heavy (non-hydrogen) atoms. The van der Waals surface area contributed by atoms with Gasteiger partial charge in [-0.3, -0.25) is 14.4 Å². The van der Waals surface area contributed by atoms with Crippen LogP contribution < -0.4 is 14.8 Å². The average molecular weight is 531 g/mol. The molecule has 0 saturated carbocycles. The number of phenols is 2. The molecule has 2 aliphatic rings. The topological polar surface area (TPSA) is 127 Å². The molecule has 0 radical (unpaired) electrons. The highest BCUT2D eigenvalue weighted by Gasteiger charge is 2.56. The zero-order chi connectivity index (χ0) is 28.2. The van der Waals surface area contributed by atoms with Gasteiger partial charge in [-0.05, 0) is 58.4 Å². The minimum atomic E-state index is -1.53. The Kier molecular flexibility index (Phi) is 6.25. The Morgan fingerprint density at radius 3 is 2.59 bits per heavy atom. The molecule has 0 saturated heterocycles. The smallest absolute Gasteiger partial charge is 0.194 e. The Morgan fingerprint density at radius 2 is 1.90 bits per heavy atom. The number of benzene rings is 2. The lowest BCUT2D eigenvalue weighted by Crippen LogP contribution is -2.41. The van der Waals surface area contributed by atoms with Crippen LogP contribution in [0.3, 0.4) is 0 Å². The van der Waals surface area contributed by atoms with Gasteiger partial charge in [0.05, 0.1) is 18.2 Å². The number of allylic oxidation sites excluding steroid dienone is 4. The molecule has 1 atom stereocenters.